The molecule has 0 N–H and O–H groups in total. The highest BCUT2D eigenvalue weighted by atomic mass is 16.1. The highest BCUT2D eigenvalue weighted by Gasteiger charge is 2.26. The van der Waals surface area contributed by atoms with E-state index in [4.69, 9.17) is 0 Å². The second-order valence-corrected chi connectivity index (χ2v) is 4.61. The molecule has 2 atom stereocenters. The van der Waals surface area contributed by atoms with Crippen LogP contribution in [0.3, 0.4) is 0 Å². The molecule has 2 rings (SSSR count). The van der Waals surface area contributed by atoms with E-state index < -0.39 is 0 Å². The van der Waals surface area contributed by atoms with Crippen molar-refractivity contribution in [3.63, 3.8) is 0 Å². The predicted molar refractivity (Wildman–Crippen MR) is 59.5 cm³/mol. The van der Waals surface area contributed by atoms with Gasteiger partial charge in [0.1, 0.15) is 5.78 Å². The summed E-state index contributed by atoms with van der Waals surface area (Å²) in [6.45, 7) is 2.24. The minimum Gasteiger partial charge on any atom is -0.299 e. The van der Waals surface area contributed by atoms with Gasteiger partial charge >= 0.3 is 0 Å². The van der Waals surface area contributed by atoms with Crippen LogP contribution >= 0.6 is 0 Å². The molecule has 80 valence electrons. The van der Waals surface area contributed by atoms with E-state index in [1.165, 1.54) is 5.56 Å². The summed E-state index contributed by atoms with van der Waals surface area (Å²) >= 11 is 0. The second-order valence-electron chi connectivity index (χ2n) is 4.61. The fraction of sp³-hybridized carbons (Fsp3) is 0.538. The smallest absolute Gasteiger partial charge is 0.136 e. The Hall–Kier alpha value is -1.18. The molecule has 0 bridgehead atoms. The van der Waals surface area contributed by atoms with Crippen molar-refractivity contribution in [2.45, 2.75) is 32.6 Å². The van der Waals surface area contributed by atoms with Gasteiger partial charge in [0.15, 0.2) is 0 Å². The van der Waals surface area contributed by atoms with E-state index in [1.807, 2.05) is 12.3 Å². The van der Waals surface area contributed by atoms with E-state index in [2.05, 4.69) is 18.0 Å². The van der Waals surface area contributed by atoms with Gasteiger partial charge in [-0.25, -0.2) is 0 Å². The van der Waals surface area contributed by atoms with Gasteiger partial charge in [-0.05, 0) is 36.8 Å². The Morgan fingerprint density at radius 3 is 3.13 bits per heavy atom. The lowest BCUT2D eigenvalue weighted by Gasteiger charge is -2.25. The summed E-state index contributed by atoms with van der Waals surface area (Å²) in [5, 5.41) is 0. The van der Waals surface area contributed by atoms with Crippen LogP contribution in [0.1, 0.15) is 31.7 Å². The third-order valence-corrected chi connectivity index (χ3v) is 3.23. The van der Waals surface area contributed by atoms with Crippen molar-refractivity contribution in [3.05, 3.63) is 30.1 Å². The minimum atomic E-state index is 0.234. The lowest BCUT2D eigenvalue weighted by Crippen LogP contribution is -2.25. The van der Waals surface area contributed by atoms with Crippen LogP contribution in [0.2, 0.25) is 0 Å². The molecule has 1 fully saturated rings. The largest absolute Gasteiger partial charge is 0.299 e. The fourth-order valence-electron chi connectivity index (χ4n) is 2.33. The van der Waals surface area contributed by atoms with Crippen LogP contribution in [0.15, 0.2) is 24.5 Å². The highest BCUT2D eigenvalue weighted by Crippen LogP contribution is 2.28. The van der Waals surface area contributed by atoms with Crippen LogP contribution in [-0.4, -0.2) is 10.8 Å². The lowest BCUT2D eigenvalue weighted by molar-refractivity contribution is -0.125. The van der Waals surface area contributed by atoms with Gasteiger partial charge in [0.05, 0.1) is 0 Å². The molecule has 0 radical (unpaired) electrons. The Bertz CT molecular complexity index is 334. The van der Waals surface area contributed by atoms with Gasteiger partial charge in [0.25, 0.3) is 0 Å². The standard InChI is InChI=1S/C13H17NO/c1-10-4-5-13(15)12(7-10)8-11-3-2-6-14-9-11/h2-3,6,9-10,12H,4-5,7-8H2,1H3/t10-,12+/m1/s1. The summed E-state index contributed by atoms with van der Waals surface area (Å²) in [6, 6.07) is 3.99. The van der Waals surface area contributed by atoms with Crippen molar-refractivity contribution in [3.8, 4) is 0 Å². The monoisotopic (exact) mass is 203 g/mol. The molecule has 0 aliphatic heterocycles. The molecule has 0 spiro atoms. The number of nitrogens with zero attached hydrogens (tertiary/aromatic N) is 1. The molecule has 1 saturated carbocycles. The zero-order valence-electron chi connectivity index (χ0n) is 9.15. The van der Waals surface area contributed by atoms with Crippen LogP contribution < -0.4 is 0 Å². The van der Waals surface area contributed by atoms with Crippen molar-refractivity contribution in [1.82, 2.24) is 4.98 Å². The molecule has 15 heavy (non-hydrogen) atoms. The number of hydrogen-bond acceptors (Lipinski definition) is 2. The first-order valence-corrected chi connectivity index (χ1v) is 5.67. The minimum absolute atomic E-state index is 0.234. The summed E-state index contributed by atoms with van der Waals surface area (Å²) in [5.74, 6) is 1.37. The van der Waals surface area contributed by atoms with E-state index >= 15 is 0 Å². The average Bonchev–Trinajstić information content (AvgIpc) is 2.25. The van der Waals surface area contributed by atoms with Crippen LogP contribution in [0.4, 0.5) is 0 Å². The summed E-state index contributed by atoms with van der Waals surface area (Å²) in [5.41, 5.74) is 1.19. The Labute approximate surface area is 90.7 Å². The molecule has 1 aromatic rings. The van der Waals surface area contributed by atoms with Crippen molar-refractivity contribution in [2.75, 3.05) is 0 Å². The molecule has 0 amide bonds. The van der Waals surface area contributed by atoms with Gasteiger partial charge in [-0.3, -0.25) is 9.78 Å². The van der Waals surface area contributed by atoms with Gasteiger partial charge in [-0.15, -0.1) is 0 Å². The molecule has 2 heteroatoms. The van der Waals surface area contributed by atoms with Gasteiger partial charge in [0, 0.05) is 24.7 Å². The number of hydrogen-bond donors (Lipinski definition) is 0. The molecular weight excluding hydrogens is 186 g/mol. The summed E-state index contributed by atoms with van der Waals surface area (Å²) in [7, 11) is 0. The molecule has 0 unspecified atom stereocenters. The summed E-state index contributed by atoms with van der Waals surface area (Å²) in [4.78, 5) is 15.8. The van der Waals surface area contributed by atoms with Crippen molar-refractivity contribution >= 4 is 5.78 Å². The maximum Gasteiger partial charge on any atom is 0.136 e. The number of carbonyl (C=O) groups is 1. The Morgan fingerprint density at radius 2 is 2.40 bits per heavy atom. The molecule has 1 aromatic heterocycles. The van der Waals surface area contributed by atoms with Crippen LogP contribution in [0.5, 0.6) is 0 Å². The number of ketones is 1. The third kappa shape index (κ3) is 2.65. The molecule has 1 heterocycles. The van der Waals surface area contributed by atoms with Gasteiger partial charge < -0.3 is 0 Å². The first-order valence-electron chi connectivity index (χ1n) is 5.67. The van der Waals surface area contributed by atoms with E-state index in [-0.39, 0.29) is 5.92 Å². The molecule has 1 aliphatic rings. The van der Waals surface area contributed by atoms with Crippen molar-refractivity contribution < 1.29 is 4.79 Å². The molecule has 0 saturated heterocycles. The zero-order valence-corrected chi connectivity index (χ0v) is 9.15. The number of rotatable bonds is 2. The van der Waals surface area contributed by atoms with E-state index in [0.29, 0.717) is 11.7 Å². The number of Topliss-reactive ketones (excluding diaryl/α,β-unsaturated/α-hetero) is 1. The summed E-state index contributed by atoms with van der Waals surface area (Å²) < 4.78 is 0. The Kier molecular flexibility index (Phi) is 3.14. The van der Waals surface area contributed by atoms with Crippen molar-refractivity contribution in [2.24, 2.45) is 11.8 Å². The summed E-state index contributed by atoms with van der Waals surface area (Å²) in [6.07, 6.45) is 7.40. The molecular formula is C13H17NO. The van der Waals surface area contributed by atoms with E-state index in [9.17, 15) is 4.79 Å². The second kappa shape index (κ2) is 4.56. The molecule has 0 aromatic carbocycles. The van der Waals surface area contributed by atoms with Crippen LogP contribution in [-0.2, 0) is 11.2 Å². The first-order chi connectivity index (χ1) is 7.25. The van der Waals surface area contributed by atoms with E-state index in [1.54, 1.807) is 6.20 Å². The fourth-order valence-corrected chi connectivity index (χ4v) is 2.33. The number of carbonyl (C=O) groups excluding carboxylic acids is 1. The SMILES string of the molecule is C[C@@H]1CCC(=O)[C@H](Cc2cccnc2)C1. The third-order valence-electron chi connectivity index (χ3n) is 3.23. The topological polar surface area (TPSA) is 30.0 Å². The number of aromatic nitrogens is 1. The first kappa shape index (κ1) is 10.3. The Balaban J connectivity index is 2.01. The van der Waals surface area contributed by atoms with Crippen molar-refractivity contribution in [1.29, 1.82) is 0 Å². The maximum atomic E-state index is 11.7. The zero-order chi connectivity index (χ0) is 10.7. The normalized spacial score (nSPS) is 26.6. The average molecular weight is 203 g/mol. The lowest BCUT2D eigenvalue weighted by atomic mass is 9.79. The van der Waals surface area contributed by atoms with E-state index in [0.717, 1.165) is 25.7 Å². The van der Waals surface area contributed by atoms with Crippen LogP contribution in [0, 0.1) is 11.8 Å². The van der Waals surface area contributed by atoms with Gasteiger partial charge in [0.2, 0.25) is 0 Å². The molecule has 1 aliphatic carbocycles. The van der Waals surface area contributed by atoms with Crippen LogP contribution in [0.25, 0.3) is 0 Å². The van der Waals surface area contributed by atoms with Gasteiger partial charge in [-0.1, -0.05) is 13.0 Å². The Morgan fingerprint density at radius 1 is 1.53 bits per heavy atom. The maximum absolute atomic E-state index is 11.7. The predicted octanol–water partition coefficient (Wildman–Crippen LogP) is 2.63. The quantitative estimate of drug-likeness (QED) is 0.739. The number of pyridine rings is 1. The highest BCUT2D eigenvalue weighted by molar-refractivity contribution is 5.82. The van der Waals surface area contributed by atoms with Gasteiger partial charge in [-0.2, -0.15) is 0 Å². The molecule has 2 nitrogen and oxygen atoms in total.